The van der Waals surface area contributed by atoms with Crippen molar-refractivity contribution in [2.75, 3.05) is 0 Å². The number of carbonyl (C=O) groups is 1. The van der Waals surface area contributed by atoms with E-state index in [1.807, 2.05) is 61.8 Å². The highest BCUT2D eigenvalue weighted by Gasteiger charge is 2.11. The number of benzene rings is 1. The maximum absolute atomic E-state index is 12.8. The van der Waals surface area contributed by atoms with E-state index in [4.69, 9.17) is 4.98 Å². The van der Waals surface area contributed by atoms with Gasteiger partial charge < -0.3 is 0 Å². The highest BCUT2D eigenvalue weighted by molar-refractivity contribution is 6.00. The van der Waals surface area contributed by atoms with Gasteiger partial charge in [-0.2, -0.15) is 5.10 Å². The van der Waals surface area contributed by atoms with Gasteiger partial charge in [-0.1, -0.05) is 6.07 Å². The fourth-order valence-corrected chi connectivity index (χ4v) is 3.38. The lowest BCUT2D eigenvalue weighted by Crippen LogP contribution is -2.05. The summed E-state index contributed by atoms with van der Waals surface area (Å²) in [6.45, 7) is 0. The summed E-state index contributed by atoms with van der Waals surface area (Å²) in [5.41, 5.74) is 4.84. The second-order valence-corrected chi connectivity index (χ2v) is 6.98. The van der Waals surface area contributed by atoms with Crippen molar-refractivity contribution in [3.8, 4) is 11.3 Å². The van der Waals surface area contributed by atoms with Crippen molar-refractivity contribution in [1.29, 1.82) is 0 Å². The maximum atomic E-state index is 12.8. The average Bonchev–Trinajstić information content (AvgIpc) is 3.19. The number of hydrogen-bond donors (Lipinski definition) is 0. The quantitative estimate of drug-likeness (QED) is 0.441. The fraction of sp³-hybridized carbons (Fsp3) is 0.0870. The Morgan fingerprint density at radius 3 is 2.76 bits per heavy atom. The largest absolute Gasteiger partial charge is 0.294 e. The summed E-state index contributed by atoms with van der Waals surface area (Å²) < 4.78 is 1.75. The standard InChI is InChI=1S/C23H17N5O/c1-28-14-18(13-26-28)21-7-5-17-12-25-19(10-22(17)27-21)11-23(29)16-4-6-20-15(9-16)3-2-8-24-20/h2-10,12-14H,11H2,1H3. The zero-order chi connectivity index (χ0) is 19.8. The van der Waals surface area contributed by atoms with Gasteiger partial charge in [-0.15, -0.1) is 0 Å². The highest BCUT2D eigenvalue weighted by Crippen LogP contribution is 2.21. The lowest BCUT2D eigenvalue weighted by Gasteiger charge is -2.05. The molecule has 0 aliphatic heterocycles. The minimum atomic E-state index is 0.0195. The molecule has 0 aliphatic carbocycles. The van der Waals surface area contributed by atoms with E-state index >= 15 is 0 Å². The van der Waals surface area contributed by atoms with Crippen LogP contribution in [0.5, 0.6) is 0 Å². The Bertz CT molecular complexity index is 1370. The first kappa shape index (κ1) is 17.2. The highest BCUT2D eigenvalue weighted by atomic mass is 16.1. The molecule has 140 valence electrons. The number of aryl methyl sites for hydroxylation is 1. The van der Waals surface area contributed by atoms with Crippen LogP contribution in [0.2, 0.25) is 0 Å². The van der Waals surface area contributed by atoms with E-state index in [-0.39, 0.29) is 12.2 Å². The monoisotopic (exact) mass is 379 g/mol. The molecule has 5 aromatic rings. The van der Waals surface area contributed by atoms with E-state index in [1.165, 1.54) is 0 Å². The van der Waals surface area contributed by atoms with Crippen molar-refractivity contribution in [1.82, 2.24) is 24.7 Å². The maximum Gasteiger partial charge on any atom is 0.168 e. The number of Topliss-reactive ketones (excluding diaryl/α,β-unsaturated/α-hetero) is 1. The molecule has 0 spiro atoms. The average molecular weight is 379 g/mol. The molecule has 0 N–H and O–H groups in total. The van der Waals surface area contributed by atoms with Crippen LogP contribution in [0.3, 0.4) is 0 Å². The van der Waals surface area contributed by atoms with E-state index in [9.17, 15) is 4.79 Å². The van der Waals surface area contributed by atoms with Gasteiger partial charge in [0.05, 0.1) is 35.0 Å². The normalized spacial score (nSPS) is 11.2. The summed E-state index contributed by atoms with van der Waals surface area (Å²) in [6, 6.07) is 15.2. The number of hydrogen-bond acceptors (Lipinski definition) is 5. The van der Waals surface area contributed by atoms with Crippen molar-refractivity contribution >= 4 is 27.6 Å². The molecule has 0 atom stereocenters. The zero-order valence-corrected chi connectivity index (χ0v) is 15.8. The number of ketones is 1. The molecule has 5 rings (SSSR count). The van der Waals surface area contributed by atoms with E-state index in [1.54, 1.807) is 23.3 Å². The Balaban J connectivity index is 1.45. The predicted octanol–water partition coefficient (Wildman–Crippen LogP) is 4.00. The van der Waals surface area contributed by atoms with Gasteiger partial charge in [-0.3, -0.25) is 19.4 Å². The van der Waals surface area contributed by atoms with Gasteiger partial charge in [-0.25, -0.2) is 4.98 Å². The van der Waals surface area contributed by atoms with Gasteiger partial charge in [-0.05, 0) is 42.5 Å². The smallest absolute Gasteiger partial charge is 0.168 e. The third-order valence-corrected chi connectivity index (χ3v) is 4.90. The van der Waals surface area contributed by atoms with Crippen LogP contribution in [0.25, 0.3) is 33.1 Å². The van der Waals surface area contributed by atoms with Crippen molar-refractivity contribution in [3.63, 3.8) is 0 Å². The van der Waals surface area contributed by atoms with E-state index in [0.29, 0.717) is 11.3 Å². The molecule has 6 nitrogen and oxygen atoms in total. The van der Waals surface area contributed by atoms with Crippen LogP contribution < -0.4 is 0 Å². The number of carbonyl (C=O) groups excluding carboxylic acids is 1. The van der Waals surface area contributed by atoms with Crippen molar-refractivity contribution in [2.45, 2.75) is 6.42 Å². The Hall–Kier alpha value is -3.93. The Morgan fingerprint density at radius 2 is 1.90 bits per heavy atom. The lowest BCUT2D eigenvalue weighted by molar-refractivity contribution is 0.0992. The number of pyridine rings is 3. The minimum absolute atomic E-state index is 0.0195. The summed E-state index contributed by atoms with van der Waals surface area (Å²) in [5, 5.41) is 6.09. The first-order chi connectivity index (χ1) is 14.2. The van der Waals surface area contributed by atoms with Crippen molar-refractivity contribution < 1.29 is 4.79 Å². The van der Waals surface area contributed by atoms with Gasteiger partial charge in [0.15, 0.2) is 5.78 Å². The van der Waals surface area contributed by atoms with Gasteiger partial charge in [0.25, 0.3) is 0 Å². The van der Waals surface area contributed by atoms with Gasteiger partial charge in [0.1, 0.15) is 0 Å². The Kier molecular flexibility index (Phi) is 4.09. The zero-order valence-electron chi connectivity index (χ0n) is 15.8. The summed E-state index contributed by atoms with van der Waals surface area (Å²) in [7, 11) is 1.88. The van der Waals surface area contributed by atoms with Crippen LogP contribution in [-0.4, -0.2) is 30.5 Å². The summed E-state index contributed by atoms with van der Waals surface area (Å²) in [4.78, 5) is 26.3. The molecule has 0 saturated carbocycles. The SMILES string of the molecule is Cn1cc(-c2ccc3cnc(CC(=O)c4ccc5ncccc5c4)cc3n2)cn1. The number of aromatic nitrogens is 5. The van der Waals surface area contributed by atoms with Crippen LogP contribution >= 0.6 is 0 Å². The Morgan fingerprint density at radius 1 is 0.966 bits per heavy atom. The molecule has 6 heteroatoms. The van der Waals surface area contributed by atoms with Crippen LogP contribution in [0, 0.1) is 0 Å². The first-order valence-electron chi connectivity index (χ1n) is 9.28. The molecule has 0 radical (unpaired) electrons. The van der Waals surface area contributed by atoms with E-state index < -0.39 is 0 Å². The summed E-state index contributed by atoms with van der Waals surface area (Å²) >= 11 is 0. The molecule has 0 aliphatic rings. The third-order valence-electron chi connectivity index (χ3n) is 4.90. The molecule has 1 aromatic carbocycles. The Labute approximate surface area is 166 Å². The topological polar surface area (TPSA) is 73.6 Å². The minimum Gasteiger partial charge on any atom is -0.294 e. The van der Waals surface area contributed by atoms with Crippen LogP contribution in [0.4, 0.5) is 0 Å². The van der Waals surface area contributed by atoms with Gasteiger partial charge in [0, 0.05) is 47.5 Å². The van der Waals surface area contributed by atoms with Crippen LogP contribution in [0.1, 0.15) is 16.1 Å². The molecule has 4 aromatic heterocycles. The molecular weight excluding hydrogens is 362 g/mol. The van der Waals surface area contributed by atoms with Crippen molar-refractivity contribution in [2.24, 2.45) is 7.05 Å². The summed E-state index contributed by atoms with van der Waals surface area (Å²) in [5.74, 6) is 0.0195. The molecule has 29 heavy (non-hydrogen) atoms. The number of nitrogens with zero attached hydrogens (tertiary/aromatic N) is 5. The number of rotatable bonds is 4. The molecule has 0 fully saturated rings. The molecule has 0 bridgehead atoms. The van der Waals surface area contributed by atoms with Gasteiger partial charge in [0.2, 0.25) is 0 Å². The van der Waals surface area contributed by atoms with E-state index in [2.05, 4.69) is 15.1 Å². The molecule has 0 amide bonds. The van der Waals surface area contributed by atoms with Crippen molar-refractivity contribution in [3.05, 3.63) is 84.6 Å². The summed E-state index contributed by atoms with van der Waals surface area (Å²) in [6.07, 6.45) is 7.45. The molecular formula is C23H17N5O. The second kappa shape index (κ2) is 6.91. The molecule has 0 unspecified atom stereocenters. The van der Waals surface area contributed by atoms with E-state index in [0.717, 1.165) is 33.1 Å². The third kappa shape index (κ3) is 3.36. The predicted molar refractivity (Wildman–Crippen MR) is 112 cm³/mol. The first-order valence-corrected chi connectivity index (χ1v) is 9.28. The number of fused-ring (bicyclic) bond motifs is 2. The second-order valence-electron chi connectivity index (χ2n) is 6.98. The van der Waals surface area contributed by atoms with Crippen LogP contribution in [-0.2, 0) is 13.5 Å². The lowest BCUT2D eigenvalue weighted by atomic mass is 10.0. The van der Waals surface area contributed by atoms with Crippen LogP contribution in [0.15, 0.2) is 73.3 Å². The molecule has 4 heterocycles. The molecule has 0 saturated heterocycles. The fourth-order valence-electron chi connectivity index (χ4n) is 3.38. The van der Waals surface area contributed by atoms with Gasteiger partial charge >= 0.3 is 0 Å².